The van der Waals surface area contributed by atoms with Crippen molar-refractivity contribution in [2.75, 3.05) is 0 Å². The SMILES string of the molecule is Cc1cccc(-n2ncc3c2CCC[C@@H]3NC(=O)Cn2c(=O)oc3ccccc32)c1C. The zero-order chi connectivity index (χ0) is 21.5. The van der Waals surface area contributed by atoms with Crippen molar-refractivity contribution < 1.29 is 9.21 Å². The van der Waals surface area contributed by atoms with Gasteiger partial charge in [0.25, 0.3) is 0 Å². The number of amides is 1. The number of aromatic nitrogens is 3. The summed E-state index contributed by atoms with van der Waals surface area (Å²) in [5, 5.41) is 7.76. The van der Waals surface area contributed by atoms with Gasteiger partial charge < -0.3 is 9.73 Å². The van der Waals surface area contributed by atoms with Gasteiger partial charge in [0.2, 0.25) is 5.91 Å². The zero-order valence-corrected chi connectivity index (χ0v) is 17.6. The molecule has 0 fully saturated rings. The number of rotatable bonds is 4. The van der Waals surface area contributed by atoms with E-state index in [4.69, 9.17) is 4.42 Å². The fraction of sp³-hybridized carbons (Fsp3) is 0.292. The lowest BCUT2D eigenvalue weighted by Crippen LogP contribution is -2.35. The van der Waals surface area contributed by atoms with E-state index in [9.17, 15) is 9.59 Å². The van der Waals surface area contributed by atoms with Crippen LogP contribution in [0.1, 0.15) is 41.3 Å². The molecule has 0 bridgehead atoms. The third-order valence-electron chi connectivity index (χ3n) is 6.20. The number of nitrogens with one attached hydrogen (secondary N) is 1. The van der Waals surface area contributed by atoms with E-state index in [0.717, 1.165) is 36.2 Å². The van der Waals surface area contributed by atoms with Crippen LogP contribution in [-0.4, -0.2) is 20.3 Å². The van der Waals surface area contributed by atoms with Crippen molar-refractivity contribution in [3.63, 3.8) is 0 Å². The Bertz CT molecular complexity index is 1340. The van der Waals surface area contributed by atoms with Gasteiger partial charge in [0.15, 0.2) is 5.58 Å². The molecule has 0 unspecified atom stereocenters. The molecule has 5 rings (SSSR count). The third kappa shape index (κ3) is 3.36. The maximum atomic E-state index is 12.8. The van der Waals surface area contributed by atoms with E-state index in [1.54, 1.807) is 18.2 Å². The first kappa shape index (κ1) is 19.4. The third-order valence-corrected chi connectivity index (χ3v) is 6.20. The Kier molecular flexibility index (Phi) is 4.73. The molecule has 2 aromatic heterocycles. The van der Waals surface area contributed by atoms with Gasteiger partial charge in [-0.05, 0) is 62.4 Å². The van der Waals surface area contributed by atoms with Gasteiger partial charge in [0.1, 0.15) is 6.54 Å². The van der Waals surface area contributed by atoms with E-state index in [0.29, 0.717) is 11.1 Å². The smallest absolute Gasteiger partial charge is 0.408 e. The Morgan fingerprint density at radius 3 is 2.90 bits per heavy atom. The number of oxazole rings is 1. The van der Waals surface area contributed by atoms with E-state index >= 15 is 0 Å². The van der Waals surface area contributed by atoms with Crippen LogP contribution in [0.3, 0.4) is 0 Å². The highest BCUT2D eigenvalue weighted by Crippen LogP contribution is 2.32. The molecule has 1 N–H and O–H groups in total. The average Bonchev–Trinajstić information content (AvgIpc) is 3.32. The summed E-state index contributed by atoms with van der Waals surface area (Å²) in [7, 11) is 0. The number of aryl methyl sites for hydroxylation is 1. The van der Waals surface area contributed by atoms with Crippen LogP contribution in [0.4, 0.5) is 0 Å². The molecule has 7 nitrogen and oxygen atoms in total. The van der Waals surface area contributed by atoms with Crippen molar-refractivity contribution in [2.45, 2.75) is 45.7 Å². The fourth-order valence-electron chi connectivity index (χ4n) is 4.43. The lowest BCUT2D eigenvalue weighted by Gasteiger charge is -2.24. The minimum Gasteiger partial charge on any atom is -0.408 e. The van der Waals surface area contributed by atoms with Gasteiger partial charge in [-0.15, -0.1) is 0 Å². The fourth-order valence-corrected chi connectivity index (χ4v) is 4.43. The average molecular weight is 416 g/mol. The number of fused-ring (bicyclic) bond motifs is 2. The highest BCUT2D eigenvalue weighted by molar-refractivity contribution is 5.79. The number of hydrogen-bond donors (Lipinski definition) is 1. The lowest BCUT2D eigenvalue weighted by molar-refractivity contribution is -0.122. The van der Waals surface area contributed by atoms with Gasteiger partial charge in [-0.25, -0.2) is 9.48 Å². The Morgan fingerprint density at radius 2 is 2.03 bits per heavy atom. The molecule has 4 aromatic rings. The lowest BCUT2D eigenvalue weighted by atomic mass is 9.92. The molecule has 158 valence electrons. The molecule has 1 atom stereocenters. The number of hydrogen-bond acceptors (Lipinski definition) is 4. The zero-order valence-electron chi connectivity index (χ0n) is 17.6. The minimum absolute atomic E-state index is 0.0766. The van der Waals surface area contributed by atoms with Crippen molar-refractivity contribution in [1.29, 1.82) is 0 Å². The Morgan fingerprint density at radius 1 is 1.19 bits per heavy atom. The van der Waals surface area contributed by atoms with Gasteiger partial charge >= 0.3 is 5.76 Å². The molecule has 2 aromatic carbocycles. The number of para-hydroxylation sites is 2. The molecule has 1 amide bonds. The highest BCUT2D eigenvalue weighted by atomic mass is 16.4. The van der Waals surface area contributed by atoms with Gasteiger partial charge in [-0.3, -0.25) is 9.36 Å². The van der Waals surface area contributed by atoms with Crippen molar-refractivity contribution >= 4 is 17.0 Å². The van der Waals surface area contributed by atoms with Crippen molar-refractivity contribution in [1.82, 2.24) is 19.7 Å². The molecule has 0 radical (unpaired) electrons. The molecular weight excluding hydrogens is 392 g/mol. The highest BCUT2D eigenvalue weighted by Gasteiger charge is 2.27. The summed E-state index contributed by atoms with van der Waals surface area (Å²) in [5.74, 6) is -0.741. The quantitative estimate of drug-likeness (QED) is 0.551. The number of carbonyl (C=O) groups is 1. The largest absolute Gasteiger partial charge is 0.420 e. The van der Waals surface area contributed by atoms with E-state index < -0.39 is 5.76 Å². The first-order chi connectivity index (χ1) is 15.0. The van der Waals surface area contributed by atoms with Crippen LogP contribution in [-0.2, 0) is 17.8 Å². The van der Waals surface area contributed by atoms with Crippen LogP contribution in [0, 0.1) is 13.8 Å². The molecular formula is C24H24N4O3. The van der Waals surface area contributed by atoms with Crippen LogP contribution in [0.5, 0.6) is 0 Å². The molecule has 0 saturated heterocycles. The van der Waals surface area contributed by atoms with Gasteiger partial charge in [-0.2, -0.15) is 5.10 Å². The summed E-state index contributed by atoms with van der Waals surface area (Å²) < 4.78 is 8.61. The second kappa shape index (κ2) is 7.58. The standard InChI is InChI=1S/C24H24N4O3/c1-15-7-5-10-19(16(15)2)28-20-11-6-8-18(17(20)13-25-28)26-23(29)14-27-21-9-3-4-12-22(21)31-24(27)30/h3-5,7,9-10,12-13,18H,6,8,11,14H2,1-2H3,(H,26,29)/t18-/m0/s1. The van der Waals surface area contributed by atoms with Gasteiger partial charge in [0.05, 0.1) is 23.4 Å². The summed E-state index contributed by atoms with van der Waals surface area (Å²) in [6.45, 7) is 4.12. The van der Waals surface area contributed by atoms with Gasteiger partial charge in [-0.1, -0.05) is 24.3 Å². The maximum Gasteiger partial charge on any atom is 0.420 e. The summed E-state index contributed by atoms with van der Waals surface area (Å²) in [6.07, 6.45) is 4.59. The van der Waals surface area contributed by atoms with E-state index in [1.165, 1.54) is 15.7 Å². The summed E-state index contributed by atoms with van der Waals surface area (Å²) in [6, 6.07) is 13.2. The number of carbonyl (C=O) groups excluding carboxylic acids is 1. The van der Waals surface area contributed by atoms with Crippen molar-refractivity contribution in [3.8, 4) is 5.69 Å². The maximum absolute atomic E-state index is 12.8. The summed E-state index contributed by atoms with van der Waals surface area (Å²) in [4.78, 5) is 25.0. The first-order valence-electron chi connectivity index (χ1n) is 10.5. The first-order valence-corrected chi connectivity index (χ1v) is 10.5. The Labute approximate surface area is 179 Å². The van der Waals surface area contributed by atoms with E-state index in [-0.39, 0.29) is 18.5 Å². The monoisotopic (exact) mass is 416 g/mol. The second-order valence-electron chi connectivity index (χ2n) is 8.11. The van der Waals surface area contributed by atoms with E-state index in [2.05, 4.69) is 36.4 Å². The summed E-state index contributed by atoms with van der Waals surface area (Å²) in [5.41, 5.74) is 6.78. The van der Waals surface area contributed by atoms with Crippen LogP contribution < -0.4 is 11.1 Å². The number of benzene rings is 2. The Hall–Kier alpha value is -3.61. The number of nitrogens with zero attached hydrogens (tertiary/aromatic N) is 3. The predicted octanol–water partition coefficient (Wildman–Crippen LogP) is 3.59. The van der Waals surface area contributed by atoms with E-state index in [1.807, 2.05) is 23.0 Å². The van der Waals surface area contributed by atoms with Crippen molar-refractivity contribution in [3.05, 3.63) is 81.6 Å². The minimum atomic E-state index is -0.525. The molecule has 0 aliphatic heterocycles. The predicted molar refractivity (Wildman–Crippen MR) is 117 cm³/mol. The van der Waals surface area contributed by atoms with Crippen LogP contribution in [0.15, 0.2) is 57.9 Å². The molecule has 0 spiro atoms. The van der Waals surface area contributed by atoms with Crippen LogP contribution in [0.25, 0.3) is 16.8 Å². The normalized spacial score (nSPS) is 15.7. The van der Waals surface area contributed by atoms with Crippen molar-refractivity contribution in [2.24, 2.45) is 0 Å². The van der Waals surface area contributed by atoms with Crippen LogP contribution in [0.2, 0.25) is 0 Å². The molecule has 1 aliphatic rings. The molecule has 0 saturated carbocycles. The van der Waals surface area contributed by atoms with Gasteiger partial charge in [0, 0.05) is 11.3 Å². The molecule has 1 aliphatic carbocycles. The summed E-state index contributed by atoms with van der Waals surface area (Å²) >= 11 is 0. The van der Waals surface area contributed by atoms with Crippen LogP contribution >= 0.6 is 0 Å². The second-order valence-corrected chi connectivity index (χ2v) is 8.11. The molecule has 2 heterocycles. The Balaban J connectivity index is 1.40. The molecule has 7 heteroatoms. The molecule has 31 heavy (non-hydrogen) atoms. The topological polar surface area (TPSA) is 82.1 Å².